The van der Waals surface area contributed by atoms with Crippen molar-refractivity contribution in [1.29, 1.82) is 0 Å². The molecule has 2 aliphatic rings. The van der Waals surface area contributed by atoms with Gasteiger partial charge in [0.25, 0.3) is 0 Å². The Morgan fingerprint density at radius 1 is 0.900 bits per heavy atom. The summed E-state index contributed by atoms with van der Waals surface area (Å²) in [7, 11) is 7.72. The highest BCUT2D eigenvalue weighted by atomic mass is 16.5. The van der Waals surface area contributed by atoms with Gasteiger partial charge in [-0.1, -0.05) is 12.1 Å². The van der Waals surface area contributed by atoms with Crippen molar-refractivity contribution in [2.75, 3.05) is 59.4 Å². The van der Waals surface area contributed by atoms with Crippen molar-refractivity contribution in [2.24, 2.45) is 0 Å². The van der Waals surface area contributed by atoms with Gasteiger partial charge in [0.1, 0.15) is 0 Å². The molecule has 2 aromatic rings. The zero-order chi connectivity index (χ0) is 21.3. The van der Waals surface area contributed by atoms with Crippen LogP contribution in [0.15, 0.2) is 36.4 Å². The van der Waals surface area contributed by atoms with Crippen molar-refractivity contribution in [2.45, 2.75) is 25.4 Å². The lowest BCUT2D eigenvalue weighted by atomic mass is 9.91. The Balaban J connectivity index is 1.69. The molecule has 0 spiro atoms. The molecule has 2 aliphatic heterocycles. The first-order chi connectivity index (χ1) is 14.5. The van der Waals surface area contributed by atoms with Crippen LogP contribution >= 0.6 is 0 Å². The van der Waals surface area contributed by atoms with E-state index < -0.39 is 0 Å². The number of methoxy groups -OCH3 is 2. The maximum atomic E-state index is 5.62. The summed E-state index contributed by atoms with van der Waals surface area (Å²) in [6.07, 6.45) is 0.940. The van der Waals surface area contributed by atoms with Crippen LogP contribution in [0, 0.1) is 0 Å². The fraction of sp³-hybridized carbons (Fsp3) is 0.500. The number of ether oxygens (including phenoxy) is 2. The Bertz CT molecular complexity index is 862. The quantitative estimate of drug-likeness (QED) is 0.836. The lowest BCUT2D eigenvalue weighted by molar-refractivity contribution is 0.172. The highest BCUT2D eigenvalue weighted by molar-refractivity contribution is 5.53. The maximum Gasteiger partial charge on any atom is 0.161 e. The topological polar surface area (TPSA) is 40.2 Å². The van der Waals surface area contributed by atoms with E-state index in [0.29, 0.717) is 6.04 Å². The predicted octanol–water partition coefficient (Wildman–Crippen LogP) is 2.93. The average Bonchev–Trinajstić information content (AvgIpc) is 2.87. The fourth-order valence-electron chi connectivity index (χ4n) is 4.71. The third-order valence-electron chi connectivity index (χ3n) is 6.35. The normalized spacial score (nSPS) is 23.0. The second-order valence-corrected chi connectivity index (χ2v) is 8.54. The summed E-state index contributed by atoms with van der Waals surface area (Å²) in [4.78, 5) is 4.86. The summed E-state index contributed by atoms with van der Waals surface area (Å²) in [5, 5.41) is 2.23. The molecule has 0 aromatic heterocycles. The van der Waals surface area contributed by atoms with Crippen molar-refractivity contribution in [1.82, 2.24) is 15.3 Å². The minimum absolute atomic E-state index is 0.103. The smallest absolute Gasteiger partial charge is 0.161 e. The van der Waals surface area contributed by atoms with E-state index >= 15 is 0 Å². The molecule has 2 heterocycles. The number of nitrogens with one attached hydrogen (secondary N) is 1. The van der Waals surface area contributed by atoms with Gasteiger partial charge in [-0.15, -0.1) is 0 Å². The molecule has 0 bridgehead atoms. The first-order valence-corrected chi connectivity index (χ1v) is 10.8. The first-order valence-electron chi connectivity index (χ1n) is 10.8. The number of benzene rings is 2. The van der Waals surface area contributed by atoms with E-state index in [-0.39, 0.29) is 6.04 Å². The second kappa shape index (κ2) is 8.84. The number of hydrogen-bond donors (Lipinski definition) is 1. The Morgan fingerprint density at radius 2 is 1.53 bits per heavy atom. The van der Waals surface area contributed by atoms with Gasteiger partial charge in [-0.3, -0.25) is 5.43 Å². The van der Waals surface area contributed by atoms with Crippen LogP contribution in [0.3, 0.4) is 0 Å². The van der Waals surface area contributed by atoms with Gasteiger partial charge in [0.15, 0.2) is 11.5 Å². The van der Waals surface area contributed by atoms with E-state index in [1.54, 1.807) is 14.2 Å². The summed E-state index contributed by atoms with van der Waals surface area (Å²) in [5.41, 5.74) is 8.76. The van der Waals surface area contributed by atoms with Crippen LogP contribution < -0.4 is 19.8 Å². The molecule has 1 saturated heterocycles. The molecule has 162 valence electrons. The Hall–Kier alpha value is -2.28. The molecule has 6 heteroatoms. The third-order valence-corrected chi connectivity index (χ3v) is 6.35. The molecule has 0 saturated carbocycles. The summed E-state index contributed by atoms with van der Waals surface area (Å²) in [6.45, 7) is 6.61. The lowest BCUT2D eigenvalue weighted by Crippen LogP contribution is -2.44. The molecule has 2 atom stereocenters. The monoisotopic (exact) mass is 410 g/mol. The molecular formula is C24H34N4O2. The van der Waals surface area contributed by atoms with Gasteiger partial charge in [-0.05, 0) is 61.3 Å². The Kier molecular flexibility index (Phi) is 6.18. The molecule has 1 fully saturated rings. The van der Waals surface area contributed by atoms with Crippen LogP contribution in [0.4, 0.5) is 5.69 Å². The molecule has 0 aliphatic carbocycles. The van der Waals surface area contributed by atoms with Crippen LogP contribution in [0.1, 0.15) is 29.7 Å². The molecule has 0 amide bonds. The van der Waals surface area contributed by atoms with E-state index in [1.165, 1.54) is 22.4 Å². The number of likely N-dealkylation sites (N-methyl/N-ethyl adjacent to an activating group) is 1. The first kappa shape index (κ1) is 21.0. The zero-order valence-corrected chi connectivity index (χ0v) is 18.8. The van der Waals surface area contributed by atoms with Gasteiger partial charge in [-0.2, -0.15) is 0 Å². The van der Waals surface area contributed by atoms with E-state index in [9.17, 15) is 0 Å². The number of piperazine rings is 1. The summed E-state index contributed by atoms with van der Waals surface area (Å²) < 4.78 is 11.2. The SMILES string of the molecule is COc1cc2c(cc1OC)C(c1ccc(N3CCN(C)CC3)cc1)N(C)N[C@@H](C)C2. The number of hydrogen-bond acceptors (Lipinski definition) is 6. The van der Waals surface area contributed by atoms with E-state index in [2.05, 4.69) is 77.7 Å². The van der Waals surface area contributed by atoms with Crippen molar-refractivity contribution in [3.63, 3.8) is 0 Å². The summed E-state index contributed by atoms with van der Waals surface area (Å²) >= 11 is 0. The molecule has 2 aromatic carbocycles. The van der Waals surface area contributed by atoms with Crippen LogP contribution in [0.2, 0.25) is 0 Å². The highest BCUT2D eigenvalue weighted by Crippen LogP contribution is 2.39. The van der Waals surface area contributed by atoms with E-state index in [4.69, 9.17) is 9.47 Å². The van der Waals surface area contributed by atoms with Gasteiger partial charge < -0.3 is 19.3 Å². The van der Waals surface area contributed by atoms with Gasteiger partial charge in [0, 0.05) is 45.0 Å². The molecule has 0 radical (unpaired) electrons. The minimum atomic E-state index is 0.103. The molecule has 30 heavy (non-hydrogen) atoms. The van der Waals surface area contributed by atoms with Crippen LogP contribution in [0.25, 0.3) is 0 Å². The minimum Gasteiger partial charge on any atom is -0.493 e. The zero-order valence-electron chi connectivity index (χ0n) is 18.8. The highest BCUT2D eigenvalue weighted by Gasteiger charge is 2.29. The molecule has 1 N–H and O–H groups in total. The molecule has 1 unspecified atom stereocenters. The number of fused-ring (bicyclic) bond motifs is 1. The Labute approximate surface area is 180 Å². The maximum absolute atomic E-state index is 5.62. The largest absolute Gasteiger partial charge is 0.493 e. The van der Waals surface area contributed by atoms with Crippen molar-refractivity contribution < 1.29 is 9.47 Å². The summed E-state index contributed by atoms with van der Waals surface area (Å²) in [5.74, 6) is 1.57. The van der Waals surface area contributed by atoms with Crippen LogP contribution in [-0.2, 0) is 6.42 Å². The molecular weight excluding hydrogens is 376 g/mol. The number of anilines is 1. The van der Waals surface area contributed by atoms with Crippen molar-refractivity contribution in [3.8, 4) is 11.5 Å². The number of nitrogens with zero attached hydrogens (tertiary/aromatic N) is 3. The van der Waals surface area contributed by atoms with E-state index in [1.807, 2.05) is 0 Å². The second-order valence-electron chi connectivity index (χ2n) is 8.54. The average molecular weight is 411 g/mol. The molecule has 6 nitrogen and oxygen atoms in total. The lowest BCUT2D eigenvalue weighted by Gasteiger charge is -2.34. The predicted molar refractivity (Wildman–Crippen MR) is 122 cm³/mol. The van der Waals surface area contributed by atoms with Crippen molar-refractivity contribution >= 4 is 5.69 Å². The number of rotatable bonds is 4. The van der Waals surface area contributed by atoms with Crippen molar-refractivity contribution in [3.05, 3.63) is 53.1 Å². The fourth-order valence-corrected chi connectivity index (χ4v) is 4.71. The number of hydrazine groups is 1. The van der Waals surface area contributed by atoms with Gasteiger partial charge in [0.2, 0.25) is 0 Å². The van der Waals surface area contributed by atoms with Crippen LogP contribution in [0.5, 0.6) is 11.5 Å². The Morgan fingerprint density at radius 3 is 2.17 bits per heavy atom. The van der Waals surface area contributed by atoms with Gasteiger partial charge in [-0.25, -0.2) is 5.01 Å². The third kappa shape index (κ3) is 4.13. The van der Waals surface area contributed by atoms with Gasteiger partial charge in [0.05, 0.1) is 20.3 Å². The summed E-state index contributed by atoms with van der Waals surface area (Å²) in [6, 6.07) is 13.8. The van der Waals surface area contributed by atoms with E-state index in [0.717, 1.165) is 44.1 Å². The van der Waals surface area contributed by atoms with Gasteiger partial charge >= 0.3 is 0 Å². The molecule has 4 rings (SSSR count). The van der Waals surface area contributed by atoms with Crippen LogP contribution in [-0.4, -0.2) is 70.4 Å². The standard InChI is InChI=1S/C24H34N4O2/c1-17-14-19-15-22(29-4)23(30-5)16-21(19)24(27(3)25-17)18-6-8-20(9-7-18)28-12-10-26(2)11-13-28/h6-9,15-17,24-25H,10-14H2,1-5H3/t17-,24?/m0/s1.